The van der Waals surface area contributed by atoms with Crippen LogP contribution >= 0.6 is 0 Å². The van der Waals surface area contributed by atoms with Gasteiger partial charge in [-0.1, -0.05) is 20.8 Å². The van der Waals surface area contributed by atoms with Crippen LogP contribution in [0.4, 0.5) is 0 Å². The van der Waals surface area contributed by atoms with E-state index in [0.29, 0.717) is 5.92 Å². The van der Waals surface area contributed by atoms with Gasteiger partial charge in [0.25, 0.3) is 0 Å². The van der Waals surface area contributed by atoms with Gasteiger partial charge in [-0.3, -0.25) is 4.79 Å². The first-order chi connectivity index (χ1) is 6.85. The van der Waals surface area contributed by atoms with Gasteiger partial charge in [-0.25, -0.2) is 0 Å². The van der Waals surface area contributed by atoms with Crippen molar-refractivity contribution in [3.8, 4) is 0 Å². The highest BCUT2D eigenvalue weighted by molar-refractivity contribution is 5.82. The van der Waals surface area contributed by atoms with Gasteiger partial charge in [0.15, 0.2) is 0 Å². The van der Waals surface area contributed by atoms with Crippen LogP contribution in [0.5, 0.6) is 0 Å². The summed E-state index contributed by atoms with van der Waals surface area (Å²) in [5, 5.41) is 3.37. The highest BCUT2D eigenvalue weighted by atomic mass is 16.5. The fourth-order valence-electron chi connectivity index (χ4n) is 1.83. The molecule has 1 fully saturated rings. The molecule has 1 aliphatic rings. The van der Waals surface area contributed by atoms with Gasteiger partial charge in [0.1, 0.15) is 5.54 Å². The van der Waals surface area contributed by atoms with Gasteiger partial charge in [0.2, 0.25) is 0 Å². The predicted molar refractivity (Wildman–Crippen MR) is 60.6 cm³/mol. The maximum Gasteiger partial charge on any atom is 0.326 e. The second kappa shape index (κ2) is 4.12. The summed E-state index contributed by atoms with van der Waals surface area (Å²) in [5.74, 6) is 0.402. The molecule has 1 saturated carbocycles. The molecule has 1 atom stereocenters. The molecule has 15 heavy (non-hydrogen) atoms. The third kappa shape index (κ3) is 2.33. The van der Waals surface area contributed by atoms with Crippen LogP contribution in [0.15, 0.2) is 0 Å². The van der Waals surface area contributed by atoms with Crippen LogP contribution in [0.1, 0.15) is 40.5 Å². The minimum Gasteiger partial charge on any atom is -0.468 e. The monoisotopic (exact) mass is 213 g/mol. The fourth-order valence-corrected chi connectivity index (χ4v) is 1.83. The van der Waals surface area contributed by atoms with E-state index in [4.69, 9.17) is 4.74 Å². The topological polar surface area (TPSA) is 38.3 Å². The second-order valence-corrected chi connectivity index (χ2v) is 5.45. The van der Waals surface area contributed by atoms with Crippen molar-refractivity contribution in [1.29, 1.82) is 0 Å². The number of carbonyl (C=O) groups is 1. The summed E-state index contributed by atoms with van der Waals surface area (Å²) in [6, 6.07) is 0. The largest absolute Gasteiger partial charge is 0.468 e. The smallest absolute Gasteiger partial charge is 0.326 e. The molecule has 3 nitrogen and oxygen atoms in total. The van der Waals surface area contributed by atoms with Gasteiger partial charge in [0, 0.05) is 0 Å². The Labute approximate surface area is 92.6 Å². The maximum absolute atomic E-state index is 11.8. The molecule has 88 valence electrons. The lowest BCUT2D eigenvalue weighted by atomic mass is 9.83. The van der Waals surface area contributed by atoms with Crippen LogP contribution in [-0.2, 0) is 9.53 Å². The number of hydrogen-bond acceptors (Lipinski definition) is 3. The third-order valence-electron chi connectivity index (χ3n) is 3.66. The molecular weight excluding hydrogens is 190 g/mol. The first kappa shape index (κ1) is 12.5. The molecule has 0 saturated heterocycles. The molecule has 0 aromatic carbocycles. The van der Waals surface area contributed by atoms with Crippen LogP contribution in [-0.4, -0.2) is 25.2 Å². The minimum absolute atomic E-state index is 0.0784. The zero-order chi connectivity index (χ0) is 11.7. The summed E-state index contributed by atoms with van der Waals surface area (Å²) in [6.45, 7) is 9.24. The Hall–Kier alpha value is -0.570. The summed E-state index contributed by atoms with van der Waals surface area (Å²) >= 11 is 0. The van der Waals surface area contributed by atoms with E-state index < -0.39 is 5.54 Å². The van der Waals surface area contributed by atoms with Crippen molar-refractivity contribution in [3.05, 3.63) is 0 Å². The first-order valence-corrected chi connectivity index (χ1v) is 5.69. The summed E-state index contributed by atoms with van der Waals surface area (Å²) in [4.78, 5) is 11.8. The number of esters is 1. The van der Waals surface area contributed by atoms with E-state index in [-0.39, 0.29) is 11.4 Å². The first-order valence-electron chi connectivity index (χ1n) is 5.69. The highest BCUT2D eigenvalue weighted by Crippen LogP contribution is 2.53. The standard InChI is InChI=1S/C12H23NO2/c1-9(2)8-13-12(4,10(14)15-5)11(3)6-7-11/h9,13H,6-8H2,1-5H3. The molecular formula is C12H23NO2. The van der Waals surface area contributed by atoms with E-state index in [1.807, 2.05) is 6.92 Å². The number of rotatable bonds is 5. The lowest BCUT2D eigenvalue weighted by molar-refractivity contribution is -0.151. The SMILES string of the molecule is COC(=O)C(C)(NCC(C)C)C1(C)CC1. The molecule has 0 aromatic rings. The lowest BCUT2D eigenvalue weighted by Crippen LogP contribution is -2.57. The Morgan fingerprint density at radius 1 is 1.53 bits per heavy atom. The van der Waals surface area contributed by atoms with Crippen molar-refractivity contribution in [2.24, 2.45) is 11.3 Å². The zero-order valence-corrected chi connectivity index (χ0v) is 10.5. The third-order valence-corrected chi connectivity index (χ3v) is 3.66. The normalized spacial score (nSPS) is 22.3. The molecule has 1 N–H and O–H groups in total. The average Bonchev–Trinajstić information content (AvgIpc) is 2.93. The molecule has 0 amide bonds. The summed E-state index contributed by atoms with van der Waals surface area (Å²) in [6.07, 6.45) is 2.20. The van der Waals surface area contributed by atoms with E-state index in [1.54, 1.807) is 0 Å². The molecule has 0 radical (unpaired) electrons. The quantitative estimate of drug-likeness (QED) is 0.709. The number of ether oxygens (including phenoxy) is 1. The number of hydrogen-bond donors (Lipinski definition) is 1. The van der Waals surface area contributed by atoms with Crippen molar-refractivity contribution in [2.75, 3.05) is 13.7 Å². The molecule has 0 aromatic heterocycles. The van der Waals surface area contributed by atoms with Crippen LogP contribution < -0.4 is 5.32 Å². The number of carbonyl (C=O) groups excluding carboxylic acids is 1. The van der Waals surface area contributed by atoms with E-state index in [1.165, 1.54) is 7.11 Å². The van der Waals surface area contributed by atoms with Crippen LogP contribution in [0.2, 0.25) is 0 Å². The summed E-state index contributed by atoms with van der Waals surface area (Å²) in [5.41, 5.74) is -0.443. The van der Waals surface area contributed by atoms with Crippen LogP contribution in [0, 0.1) is 11.3 Å². The van der Waals surface area contributed by atoms with E-state index >= 15 is 0 Å². The molecule has 1 unspecified atom stereocenters. The average molecular weight is 213 g/mol. The van der Waals surface area contributed by atoms with Crippen molar-refractivity contribution in [1.82, 2.24) is 5.32 Å². The number of methoxy groups -OCH3 is 1. The van der Waals surface area contributed by atoms with Gasteiger partial charge < -0.3 is 10.1 Å². The molecule has 0 bridgehead atoms. The van der Waals surface area contributed by atoms with Gasteiger partial charge in [-0.15, -0.1) is 0 Å². The van der Waals surface area contributed by atoms with Gasteiger partial charge >= 0.3 is 5.97 Å². The summed E-state index contributed by atoms with van der Waals surface area (Å²) in [7, 11) is 1.46. The van der Waals surface area contributed by atoms with Crippen LogP contribution in [0.3, 0.4) is 0 Å². The molecule has 3 heteroatoms. The van der Waals surface area contributed by atoms with Crippen molar-refractivity contribution in [3.63, 3.8) is 0 Å². The molecule has 0 spiro atoms. The van der Waals surface area contributed by atoms with Crippen molar-refractivity contribution < 1.29 is 9.53 Å². The van der Waals surface area contributed by atoms with Crippen LogP contribution in [0.25, 0.3) is 0 Å². The second-order valence-electron chi connectivity index (χ2n) is 5.45. The molecule has 0 aliphatic heterocycles. The Morgan fingerprint density at radius 3 is 2.40 bits per heavy atom. The predicted octanol–water partition coefficient (Wildman–Crippen LogP) is 1.96. The van der Waals surface area contributed by atoms with Gasteiger partial charge in [0.05, 0.1) is 7.11 Å². The molecule has 1 rings (SSSR count). The Balaban J connectivity index is 2.73. The Bertz CT molecular complexity index is 246. The lowest BCUT2D eigenvalue weighted by Gasteiger charge is -2.35. The Kier molecular flexibility index (Phi) is 3.44. The van der Waals surface area contributed by atoms with E-state index in [2.05, 4.69) is 26.1 Å². The van der Waals surface area contributed by atoms with E-state index in [9.17, 15) is 4.79 Å². The Morgan fingerprint density at radius 2 is 2.07 bits per heavy atom. The zero-order valence-electron chi connectivity index (χ0n) is 10.5. The minimum atomic E-state index is -0.522. The maximum atomic E-state index is 11.8. The molecule has 1 aliphatic carbocycles. The molecule has 0 heterocycles. The van der Waals surface area contributed by atoms with Crippen molar-refractivity contribution >= 4 is 5.97 Å². The number of nitrogens with one attached hydrogen (secondary N) is 1. The van der Waals surface area contributed by atoms with Gasteiger partial charge in [-0.2, -0.15) is 0 Å². The van der Waals surface area contributed by atoms with Gasteiger partial charge in [-0.05, 0) is 37.6 Å². The fraction of sp³-hybridized carbons (Fsp3) is 0.917. The highest BCUT2D eigenvalue weighted by Gasteiger charge is 2.57. The summed E-state index contributed by atoms with van der Waals surface area (Å²) < 4.78 is 4.91. The van der Waals surface area contributed by atoms with Crippen molar-refractivity contribution in [2.45, 2.75) is 46.1 Å². The van der Waals surface area contributed by atoms with E-state index in [0.717, 1.165) is 19.4 Å².